The quantitative estimate of drug-likeness (QED) is 0.750. The van der Waals surface area contributed by atoms with Gasteiger partial charge in [-0.3, -0.25) is 9.69 Å². The molecule has 1 saturated heterocycles. The SMILES string of the molecule is CC(C)n1cnnc1SCC(=O)N1CCN(CCO)CC1. The van der Waals surface area contributed by atoms with Crippen LogP contribution >= 0.6 is 11.8 Å². The molecular formula is C13H23N5O2S. The standard InChI is InChI=1S/C13H23N5O2S/c1-11(2)18-10-14-15-13(18)21-9-12(20)17-5-3-16(4-6-17)7-8-19/h10-11,19H,3-9H2,1-2H3. The van der Waals surface area contributed by atoms with Gasteiger partial charge in [-0.05, 0) is 13.8 Å². The van der Waals surface area contributed by atoms with Gasteiger partial charge in [-0.2, -0.15) is 0 Å². The fourth-order valence-corrected chi connectivity index (χ4v) is 3.22. The highest BCUT2D eigenvalue weighted by Gasteiger charge is 2.21. The van der Waals surface area contributed by atoms with Gasteiger partial charge in [-0.1, -0.05) is 11.8 Å². The van der Waals surface area contributed by atoms with Gasteiger partial charge >= 0.3 is 0 Å². The van der Waals surface area contributed by atoms with Crippen molar-refractivity contribution in [3.05, 3.63) is 6.33 Å². The van der Waals surface area contributed by atoms with E-state index in [0.29, 0.717) is 18.3 Å². The van der Waals surface area contributed by atoms with Gasteiger partial charge in [0.2, 0.25) is 5.91 Å². The van der Waals surface area contributed by atoms with Crippen LogP contribution in [0.4, 0.5) is 0 Å². The fourth-order valence-electron chi connectivity index (χ4n) is 2.27. The van der Waals surface area contributed by atoms with Crippen molar-refractivity contribution >= 4 is 17.7 Å². The van der Waals surface area contributed by atoms with Crippen LogP contribution < -0.4 is 0 Å². The first-order valence-corrected chi connectivity index (χ1v) is 8.23. The molecule has 0 bridgehead atoms. The Bertz CT molecular complexity index is 457. The fraction of sp³-hybridized carbons (Fsp3) is 0.769. The predicted molar refractivity (Wildman–Crippen MR) is 81.2 cm³/mol. The summed E-state index contributed by atoms with van der Waals surface area (Å²) in [4.78, 5) is 16.3. The Labute approximate surface area is 129 Å². The van der Waals surface area contributed by atoms with Gasteiger partial charge in [0.15, 0.2) is 5.16 Å². The van der Waals surface area contributed by atoms with Crippen molar-refractivity contribution < 1.29 is 9.90 Å². The summed E-state index contributed by atoms with van der Waals surface area (Å²) in [5.41, 5.74) is 0. The Morgan fingerprint density at radius 3 is 2.71 bits per heavy atom. The molecule has 1 N–H and O–H groups in total. The Kier molecular flexibility index (Phi) is 6.01. The van der Waals surface area contributed by atoms with E-state index in [9.17, 15) is 4.79 Å². The second-order valence-corrected chi connectivity index (χ2v) is 6.29. The minimum Gasteiger partial charge on any atom is -0.395 e. The highest BCUT2D eigenvalue weighted by Crippen LogP contribution is 2.19. The molecule has 0 saturated carbocycles. The van der Waals surface area contributed by atoms with Gasteiger partial charge in [0.05, 0.1) is 12.4 Å². The summed E-state index contributed by atoms with van der Waals surface area (Å²) in [5.74, 6) is 0.535. The maximum Gasteiger partial charge on any atom is 0.233 e. The molecule has 1 aliphatic heterocycles. The van der Waals surface area contributed by atoms with Crippen LogP contribution in [0.5, 0.6) is 0 Å². The summed E-state index contributed by atoms with van der Waals surface area (Å²) in [7, 11) is 0. The second kappa shape index (κ2) is 7.77. The summed E-state index contributed by atoms with van der Waals surface area (Å²) >= 11 is 1.44. The van der Waals surface area contributed by atoms with E-state index in [2.05, 4.69) is 28.9 Å². The number of aliphatic hydroxyl groups is 1. The number of hydrogen-bond donors (Lipinski definition) is 1. The maximum atomic E-state index is 12.2. The predicted octanol–water partition coefficient (Wildman–Crippen LogP) is 0.0876. The third-order valence-corrected chi connectivity index (χ3v) is 4.50. The van der Waals surface area contributed by atoms with Gasteiger partial charge in [0.25, 0.3) is 0 Å². The van der Waals surface area contributed by atoms with Crippen LogP contribution in [0.2, 0.25) is 0 Å². The van der Waals surface area contributed by atoms with Crippen LogP contribution in [0.1, 0.15) is 19.9 Å². The van der Waals surface area contributed by atoms with Crippen molar-refractivity contribution in [2.75, 3.05) is 45.1 Å². The van der Waals surface area contributed by atoms with E-state index >= 15 is 0 Å². The van der Waals surface area contributed by atoms with Gasteiger partial charge in [0, 0.05) is 38.8 Å². The van der Waals surface area contributed by atoms with Crippen LogP contribution in [0, 0.1) is 0 Å². The molecule has 21 heavy (non-hydrogen) atoms. The molecule has 1 aromatic rings. The topological polar surface area (TPSA) is 74.5 Å². The molecule has 7 nitrogen and oxygen atoms in total. The van der Waals surface area contributed by atoms with Crippen LogP contribution in [0.3, 0.4) is 0 Å². The van der Waals surface area contributed by atoms with Crippen molar-refractivity contribution in [1.82, 2.24) is 24.6 Å². The molecule has 2 rings (SSSR count). The van der Waals surface area contributed by atoms with Crippen molar-refractivity contribution in [2.24, 2.45) is 0 Å². The second-order valence-electron chi connectivity index (χ2n) is 5.35. The summed E-state index contributed by atoms with van der Waals surface area (Å²) in [5, 5.41) is 17.7. The number of nitrogens with zero attached hydrogens (tertiary/aromatic N) is 5. The lowest BCUT2D eigenvalue weighted by Gasteiger charge is -2.34. The zero-order valence-corrected chi connectivity index (χ0v) is 13.4. The molecule has 0 atom stereocenters. The molecule has 2 heterocycles. The van der Waals surface area contributed by atoms with Gasteiger partial charge in [0.1, 0.15) is 6.33 Å². The minimum absolute atomic E-state index is 0.141. The molecule has 8 heteroatoms. The normalized spacial score (nSPS) is 16.7. The van der Waals surface area contributed by atoms with E-state index in [-0.39, 0.29) is 12.5 Å². The molecule has 1 fully saturated rings. The molecule has 1 aliphatic rings. The Morgan fingerprint density at radius 1 is 1.38 bits per heavy atom. The number of aromatic nitrogens is 3. The molecule has 0 spiro atoms. The number of thioether (sulfide) groups is 1. The molecule has 0 aromatic carbocycles. The van der Waals surface area contributed by atoms with E-state index in [1.165, 1.54) is 11.8 Å². The largest absolute Gasteiger partial charge is 0.395 e. The summed E-state index contributed by atoms with van der Waals surface area (Å²) in [6.07, 6.45) is 1.70. The number of hydrogen-bond acceptors (Lipinski definition) is 6. The number of carbonyl (C=O) groups excluding carboxylic acids is 1. The van der Waals surface area contributed by atoms with E-state index in [0.717, 1.165) is 31.3 Å². The minimum atomic E-state index is 0.141. The molecule has 0 radical (unpaired) electrons. The van der Waals surface area contributed by atoms with E-state index in [1.807, 2.05) is 9.47 Å². The highest BCUT2D eigenvalue weighted by molar-refractivity contribution is 7.99. The first-order valence-electron chi connectivity index (χ1n) is 7.25. The van der Waals surface area contributed by atoms with E-state index in [1.54, 1.807) is 6.33 Å². The van der Waals surface area contributed by atoms with Crippen LogP contribution in [-0.2, 0) is 4.79 Å². The average molecular weight is 313 g/mol. The lowest BCUT2D eigenvalue weighted by molar-refractivity contribution is -0.130. The van der Waals surface area contributed by atoms with Gasteiger partial charge in [-0.15, -0.1) is 10.2 Å². The van der Waals surface area contributed by atoms with Gasteiger partial charge < -0.3 is 14.6 Å². The molecule has 118 valence electrons. The first-order chi connectivity index (χ1) is 10.1. The Morgan fingerprint density at radius 2 is 2.10 bits per heavy atom. The third kappa shape index (κ3) is 4.42. The van der Waals surface area contributed by atoms with Crippen molar-refractivity contribution in [1.29, 1.82) is 0 Å². The van der Waals surface area contributed by atoms with Crippen molar-refractivity contribution in [2.45, 2.75) is 25.0 Å². The Hall–Kier alpha value is -1.12. The van der Waals surface area contributed by atoms with E-state index < -0.39 is 0 Å². The van der Waals surface area contributed by atoms with Crippen LogP contribution in [-0.4, -0.2) is 80.7 Å². The van der Waals surface area contributed by atoms with E-state index in [4.69, 9.17) is 5.11 Å². The van der Waals surface area contributed by atoms with Crippen molar-refractivity contribution in [3.8, 4) is 0 Å². The van der Waals surface area contributed by atoms with Crippen molar-refractivity contribution in [3.63, 3.8) is 0 Å². The number of β-amino-alcohol motifs (C(OH)–C–C–N with tert-alkyl or cyclic N) is 1. The molecule has 1 amide bonds. The molecule has 0 aliphatic carbocycles. The monoisotopic (exact) mass is 313 g/mol. The zero-order chi connectivity index (χ0) is 15.2. The maximum absolute atomic E-state index is 12.2. The number of piperazine rings is 1. The average Bonchev–Trinajstić information content (AvgIpc) is 2.94. The number of amides is 1. The summed E-state index contributed by atoms with van der Waals surface area (Å²) < 4.78 is 1.97. The molecule has 0 unspecified atom stereocenters. The smallest absolute Gasteiger partial charge is 0.233 e. The zero-order valence-electron chi connectivity index (χ0n) is 12.6. The van der Waals surface area contributed by atoms with Gasteiger partial charge in [-0.25, -0.2) is 0 Å². The lowest BCUT2D eigenvalue weighted by atomic mass is 10.3. The summed E-state index contributed by atoms with van der Waals surface area (Å²) in [6, 6.07) is 0.291. The number of aliphatic hydroxyl groups excluding tert-OH is 1. The highest BCUT2D eigenvalue weighted by atomic mass is 32.2. The summed E-state index contributed by atoms with van der Waals surface area (Å²) in [6.45, 7) is 8.12. The third-order valence-electron chi connectivity index (χ3n) is 3.56. The van der Waals surface area contributed by atoms with Crippen LogP contribution in [0.15, 0.2) is 11.5 Å². The van der Waals surface area contributed by atoms with Crippen LogP contribution in [0.25, 0.3) is 0 Å². The molecular weight excluding hydrogens is 290 g/mol. The number of carbonyl (C=O) groups is 1. The molecule has 1 aromatic heterocycles. The Balaban J connectivity index is 1.79. The lowest BCUT2D eigenvalue weighted by Crippen LogP contribution is -2.49. The number of rotatable bonds is 6. The first kappa shape index (κ1) is 16.3.